The number of likely N-dealkylation sites (tertiary alicyclic amines) is 1. The number of alkyl halides is 2. The van der Waals surface area contributed by atoms with Crippen molar-refractivity contribution in [1.82, 2.24) is 4.90 Å². The molecule has 0 unspecified atom stereocenters. The first-order chi connectivity index (χ1) is 12.3. The van der Waals surface area contributed by atoms with Crippen LogP contribution in [0.15, 0.2) is 18.2 Å². The van der Waals surface area contributed by atoms with Crippen LogP contribution in [0.2, 0.25) is 0 Å². The molecule has 3 rings (SSSR count). The lowest BCUT2D eigenvalue weighted by molar-refractivity contribution is -0.151. The van der Waals surface area contributed by atoms with Crippen molar-refractivity contribution in [3.05, 3.63) is 29.3 Å². The summed E-state index contributed by atoms with van der Waals surface area (Å²) >= 11 is 0. The Morgan fingerprint density at radius 1 is 1.35 bits per heavy atom. The Kier molecular flexibility index (Phi) is 5.51. The highest BCUT2D eigenvalue weighted by molar-refractivity contribution is 5.80. The number of aliphatic hydroxyl groups is 1. The summed E-state index contributed by atoms with van der Waals surface area (Å²) in [6, 6.07) is 4.87. The molecule has 26 heavy (non-hydrogen) atoms. The summed E-state index contributed by atoms with van der Waals surface area (Å²) in [4.78, 5) is 14.3. The lowest BCUT2D eigenvalue weighted by atomic mass is 9.71. The summed E-state index contributed by atoms with van der Waals surface area (Å²) in [6.07, 6.45) is 0.801. The van der Waals surface area contributed by atoms with Crippen LogP contribution in [0.25, 0.3) is 0 Å². The van der Waals surface area contributed by atoms with E-state index in [0.29, 0.717) is 49.6 Å². The largest absolute Gasteiger partial charge is 0.497 e. The van der Waals surface area contributed by atoms with Gasteiger partial charge in [-0.05, 0) is 62.6 Å². The third-order valence-corrected chi connectivity index (χ3v) is 5.74. The lowest BCUT2D eigenvalue weighted by Gasteiger charge is -2.43. The molecule has 6 heteroatoms. The Bertz CT molecular complexity index is 646. The fourth-order valence-corrected chi connectivity index (χ4v) is 4.19. The third kappa shape index (κ3) is 4.17. The topological polar surface area (TPSA) is 49.8 Å². The Balaban J connectivity index is 1.55. The van der Waals surface area contributed by atoms with Crippen molar-refractivity contribution in [3.63, 3.8) is 0 Å². The second kappa shape index (κ2) is 7.51. The number of halogens is 2. The molecule has 1 saturated heterocycles. The standard InChI is InChI=1S/C20H27F2NO3/c1-20(25)11-15(12-20)19(24)23-7-5-13(6-8-23)9-14-3-4-16(26-2)10-17(14)18(21)22/h3-4,10,13,15,18,25H,5-9,11-12H2,1-2H3/t15-,20+. The first kappa shape index (κ1) is 19.1. The fourth-order valence-electron chi connectivity index (χ4n) is 4.19. The fraction of sp³-hybridized carbons (Fsp3) is 0.650. The Morgan fingerprint density at radius 3 is 2.54 bits per heavy atom. The maximum atomic E-state index is 13.3. The number of nitrogens with zero attached hydrogens (tertiary/aromatic N) is 1. The van der Waals surface area contributed by atoms with Gasteiger partial charge >= 0.3 is 0 Å². The van der Waals surface area contributed by atoms with E-state index < -0.39 is 12.0 Å². The highest BCUT2D eigenvalue weighted by Gasteiger charge is 2.44. The van der Waals surface area contributed by atoms with Crippen LogP contribution in [-0.4, -0.2) is 41.7 Å². The van der Waals surface area contributed by atoms with Crippen LogP contribution in [0.4, 0.5) is 8.78 Å². The number of methoxy groups -OCH3 is 1. The van der Waals surface area contributed by atoms with Crippen LogP contribution in [-0.2, 0) is 11.2 Å². The number of hydrogen-bond acceptors (Lipinski definition) is 3. The normalized spacial score (nSPS) is 26.7. The van der Waals surface area contributed by atoms with Crippen molar-refractivity contribution in [1.29, 1.82) is 0 Å². The van der Waals surface area contributed by atoms with Crippen molar-refractivity contribution in [2.24, 2.45) is 11.8 Å². The molecule has 0 aromatic heterocycles. The van der Waals surface area contributed by atoms with Crippen molar-refractivity contribution in [3.8, 4) is 5.75 Å². The molecule has 0 radical (unpaired) electrons. The predicted octanol–water partition coefficient (Wildman–Crippen LogP) is 3.57. The zero-order chi connectivity index (χ0) is 18.9. The average molecular weight is 367 g/mol. The lowest BCUT2D eigenvalue weighted by Crippen LogP contribution is -2.51. The minimum Gasteiger partial charge on any atom is -0.497 e. The van der Waals surface area contributed by atoms with E-state index in [-0.39, 0.29) is 17.4 Å². The SMILES string of the molecule is COc1ccc(CC2CCN(C(=O)[C@H]3C[C@@](C)(O)C3)CC2)c(C(F)F)c1. The van der Waals surface area contributed by atoms with E-state index in [1.807, 2.05) is 4.90 Å². The zero-order valence-electron chi connectivity index (χ0n) is 15.4. The summed E-state index contributed by atoms with van der Waals surface area (Å²) < 4.78 is 31.7. The van der Waals surface area contributed by atoms with Crippen LogP contribution in [0, 0.1) is 11.8 Å². The summed E-state index contributed by atoms with van der Waals surface area (Å²) in [5.74, 6) is 0.816. The molecule has 144 valence electrons. The minimum atomic E-state index is -2.52. The van der Waals surface area contributed by atoms with Gasteiger partial charge in [0, 0.05) is 24.6 Å². The molecule has 1 aromatic carbocycles. The number of hydrogen-bond donors (Lipinski definition) is 1. The number of rotatable bonds is 5. The van der Waals surface area contributed by atoms with Crippen LogP contribution in [0.3, 0.4) is 0 Å². The summed E-state index contributed by atoms with van der Waals surface area (Å²) in [6.45, 7) is 3.10. The van der Waals surface area contributed by atoms with Gasteiger partial charge in [0.05, 0.1) is 12.7 Å². The molecule has 1 heterocycles. The molecule has 1 saturated carbocycles. The van der Waals surface area contributed by atoms with Crippen LogP contribution < -0.4 is 4.74 Å². The van der Waals surface area contributed by atoms with E-state index >= 15 is 0 Å². The number of carbonyl (C=O) groups excluding carboxylic acids is 1. The van der Waals surface area contributed by atoms with Gasteiger partial charge in [-0.3, -0.25) is 4.79 Å². The van der Waals surface area contributed by atoms with E-state index in [0.717, 1.165) is 12.8 Å². The number of ether oxygens (including phenoxy) is 1. The highest BCUT2D eigenvalue weighted by atomic mass is 19.3. The highest BCUT2D eigenvalue weighted by Crippen LogP contribution is 2.39. The Morgan fingerprint density at radius 2 is 2.00 bits per heavy atom. The monoisotopic (exact) mass is 367 g/mol. The van der Waals surface area contributed by atoms with Gasteiger partial charge in [0.2, 0.25) is 5.91 Å². The zero-order valence-corrected chi connectivity index (χ0v) is 15.4. The number of benzene rings is 1. The quantitative estimate of drug-likeness (QED) is 0.866. The molecule has 1 aliphatic carbocycles. The van der Waals surface area contributed by atoms with E-state index in [4.69, 9.17) is 4.74 Å². The second-order valence-corrected chi connectivity index (χ2v) is 7.94. The van der Waals surface area contributed by atoms with Gasteiger partial charge in [-0.15, -0.1) is 0 Å². The van der Waals surface area contributed by atoms with E-state index in [9.17, 15) is 18.7 Å². The summed E-state index contributed by atoms with van der Waals surface area (Å²) in [7, 11) is 1.47. The minimum absolute atomic E-state index is 0.0413. The van der Waals surface area contributed by atoms with Crippen molar-refractivity contribution in [2.45, 2.75) is 51.1 Å². The van der Waals surface area contributed by atoms with Gasteiger partial charge in [-0.1, -0.05) is 6.07 Å². The van der Waals surface area contributed by atoms with Crippen LogP contribution in [0.5, 0.6) is 5.75 Å². The molecule has 2 fully saturated rings. The first-order valence-corrected chi connectivity index (χ1v) is 9.25. The van der Waals surface area contributed by atoms with Gasteiger partial charge in [0.1, 0.15) is 5.75 Å². The average Bonchev–Trinajstić information content (AvgIpc) is 2.59. The molecular formula is C20H27F2NO3. The first-order valence-electron chi connectivity index (χ1n) is 9.25. The molecule has 0 spiro atoms. The van der Waals surface area contributed by atoms with E-state index in [2.05, 4.69) is 0 Å². The maximum absolute atomic E-state index is 13.3. The summed E-state index contributed by atoms with van der Waals surface area (Å²) in [5.41, 5.74) is 0.0127. The molecule has 0 atom stereocenters. The van der Waals surface area contributed by atoms with Crippen LogP contribution >= 0.6 is 0 Å². The molecule has 4 nitrogen and oxygen atoms in total. The van der Waals surface area contributed by atoms with Gasteiger partial charge in [0.25, 0.3) is 6.43 Å². The second-order valence-electron chi connectivity index (χ2n) is 7.94. The third-order valence-electron chi connectivity index (χ3n) is 5.74. The number of carbonyl (C=O) groups is 1. The van der Waals surface area contributed by atoms with Crippen LogP contribution in [0.1, 0.15) is 50.2 Å². The van der Waals surface area contributed by atoms with Crippen molar-refractivity contribution in [2.75, 3.05) is 20.2 Å². The molecule has 0 bridgehead atoms. The molecule has 1 N–H and O–H groups in total. The molecule has 1 aliphatic heterocycles. The van der Waals surface area contributed by atoms with Gasteiger partial charge in [-0.25, -0.2) is 8.78 Å². The molecule has 2 aliphatic rings. The number of amides is 1. The van der Waals surface area contributed by atoms with Gasteiger partial charge in [-0.2, -0.15) is 0 Å². The molecule has 1 aromatic rings. The van der Waals surface area contributed by atoms with Crippen molar-refractivity contribution >= 4 is 5.91 Å². The van der Waals surface area contributed by atoms with Gasteiger partial charge in [0.15, 0.2) is 0 Å². The van der Waals surface area contributed by atoms with Crippen molar-refractivity contribution < 1.29 is 23.4 Å². The van der Waals surface area contributed by atoms with Gasteiger partial charge < -0.3 is 14.7 Å². The van der Waals surface area contributed by atoms with E-state index in [1.165, 1.54) is 13.2 Å². The number of piperidine rings is 1. The van der Waals surface area contributed by atoms with E-state index in [1.54, 1.807) is 19.1 Å². The Labute approximate surface area is 153 Å². The Hall–Kier alpha value is -1.69. The predicted molar refractivity (Wildman–Crippen MR) is 94.3 cm³/mol. The molecule has 1 amide bonds. The smallest absolute Gasteiger partial charge is 0.264 e. The molecular weight excluding hydrogens is 340 g/mol. The summed E-state index contributed by atoms with van der Waals surface area (Å²) in [5, 5.41) is 9.80. The maximum Gasteiger partial charge on any atom is 0.264 e.